The highest BCUT2D eigenvalue weighted by Crippen LogP contribution is 2.35. The Morgan fingerprint density at radius 1 is 1.38 bits per heavy atom. The SMILES string of the molecule is CCc1ccsc1CN1CC2(CCCC2)NCC1C(C)C. The molecule has 0 bridgehead atoms. The predicted molar refractivity (Wildman–Crippen MR) is 91.9 cm³/mol. The lowest BCUT2D eigenvalue weighted by atomic mass is 9.89. The molecule has 1 aliphatic heterocycles. The molecule has 118 valence electrons. The highest BCUT2D eigenvalue weighted by molar-refractivity contribution is 7.10. The maximum absolute atomic E-state index is 3.93. The average Bonchev–Trinajstić information content (AvgIpc) is 3.08. The Hall–Kier alpha value is -0.380. The first-order valence-electron chi connectivity index (χ1n) is 8.68. The van der Waals surface area contributed by atoms with Crippen molar-refractivity contribution < 1.29 is 0 Å². The predicted octanol–water partition coefficient (Wildman–Crippen LogP) is 4.05. The smallest absolute Gasteiger partial charge is 0.0335 e. The van der Waals surface area contributed by atoms with Gasteiger partial charge in [0.1, 0.15) is 0 Å². The van der Waals surface area contributed by atoms with E-state index in [1.807, 2.05) is 11.3 Å². The molecule has 1 aliphatic carbocycles. The van der Waals surface area contributed by atoms with E-state index < -0.39 is 0 Å². The van der Waals surface area contributed by atoms with E-state index in [9.17, 15) is 0 Å². The molecule has 2 fully saturated rings. The van der Waals surface area contributed by atoms with Gasteiger partial charge < -0.3 is 5.32 Å². The first-order chi connectivity index (χ1) is 10.1. The van der Waals surface area contributed by atoms with Crippen LogP contribution in [-0.2, 0) is 13.0 Å². The Labute approximate surface area is 133 Å². The van der Waals surface area contributed by atoms with Gasteiger partial charge in [-0.1, -0.05) is 33.6 Å². The van der Waals surface area contributed by atoms with Gasteiger partial charge in [-0.15, -0.1) is 11.3 Å². The summed E-state index contributed by atoms with van der Waals surface area (Å²) in [5.41, 5.74) is 1.98. The third kappa shape index (κ3) is 3.20. The third-order valence-corrected chi connectivity index (χ3v) is 6.50. The largest absolute Gasteiger partial charge is 0.308 e. The van der Waals surface area contributed by atoms with E-state index in [0.717, 1.165) is 12.5 Å². The summed E-state index contributed by atoms with van der Waals surface area (Å²) in [6, 6.07) is 3.00. The molecule has 0 amide bonds. The van der Waals surface area contributed by atoms with E-state index in [2.05, 4.69) is 42.4 Å². The van der Waals surface area contributed by atoms with Gasteiger partial charge in [0, 0.05) is 36.1 Å². The van der Waals surface area contributed by atoms with E-state index in [4.69, 9.17) is 0 Å². The minimum atomic E-state index is 0.426. The van der Waals surface area contributed by atoms with Gasteiger partial charge in [-0.25, -0.2) is 0 Å². The minimum absolute atomic E-state index is 0.426. The lowest BCUT2D eigenvalue weighted by molar-refractivity contribution is 0.0513. The molecule has 1 unspecified atom stereocenters. The monoisotopic (exact) mass is 306 g/mol. The van der Waals surface area contributed by atoms with Gasteiger partial charge in [0.15, 0.2) is 0 Å². The number of rotatable bonds is 4. The number of hydrogen-bond donors (Lipinski definition) is 1. The molecule has 0 radical (unpaired) electrons. The first kappa shape index (κ1) is 15.5. The van der Waals surface area contributed by atoms with E-state index in [-0.39, 0.29) is 0 Å². The summed E-state index contributed by atoms with van der Waals surface area (Å²) in [6.07, 6.45) is 6.74. The van der Waals surface area contributed by atoms with Crippen molar-refractivity contribution in [2.45, 2.75) is 71.0 Å². The fraction of sp³-hybridized carbons (Fsp3) is 0.778. The maximum Gasteiger partial charge on any atom is 0.0335 e. The van der Waals surface area contributed by atoms with Crippen LogP contribution in [0.4, 0.5) is 0 Å². The molecule has 1 spiro atoms. The van der Waals surface area contributed by atoms with Gasteiger partial charge >= 0.3 is 0 Å². The molecule has 1 aromatic heterocycles. The van der Waals surface area contributed by atoms with Crippen molar-refractivity contribution in [1.82, 2.24) is 10.2 Å². The second-order valence-electron chi connectivity index (χ2n) is 7.31. The summed E-state index contributed by atoms with van der Waals surface area (Å²) in [4.78, 5) is 4.38. The summed E-state index contributed by atoms with van der Waals surface area (Å²) in [5, 5.41) is 6.20. The van der Waals surface area contributed by atoms with Crippen molar-refractivity contribution in [1.29, 1.82) is 0 Å². The van der Waals surface area contributed by atoms with Crippen LogP contribution >= 0.6 is 11.3 Å². The molecular weight excluding hydrogens is 276 g/mol. The van der Waals surface area contributed by atoms with Gasteiger partial charge in [-0.2, -0.15) is 0 Å². The Morgan fingerprint density at radius 2 is 2.14 bits per heavy atom. The molecule has 1 N–H and O–H groups in total. The number of nitrogens with zero attached hydrogens (tertiary/aromatic N) is 1. The van der Waals surface area contributed by atoms with Crippen LogP contribution in [0.1, 0.15) is 56.9 Å². The molecule has 2 aliphatic rings. The lowest BCUT2D eigenvalue weighted by Crippen LogP contribution is -2.63. The minimum Gasteiger partial charge on any atom is -0.308 e. The van der Waals surface area contributed by atoms with Gasteiger partial charge in [0.05, 0.1) is 0 Å². The zero-order chi connectivity index (χ0) is 14.9. The number of hydrogen-bond acceptors (Lipinski definition) is 3. The van der Waals surface area contributed by atoms with Gasteiger partial charge in [-0.3, -0.25) is 4.90 Å². The maximum atomic E-state index is 3.93. The van der Waals surface area contributed by atoms with Crippen molar-refractivity contribution in [3.63, 3.8) is 0 Å². The third-order valence-electron chi connectivity index (χ3n) is 5.56. The van der Waals surface area contributed by atoms with Crippen LogP contribution in [-0.4, -0.2) is 29.6 Å². The molecule has 21 heavy (non-hydrogen) atoms. The van der Waals surface area contributed by atoms with Crippen molar-refractivity contribution in [2.24, 2.45) is 5.92 Å². The summed E-state index contributed by atoms with van der Waals surface area (Å²) >= 11 is 1.95. The molecular formula is C18H30N2S. The number of nitrogens with one attached hydrogen (secondary N) is 1. The van der Waals surface area contributed by atoms with Crippen molar-refractivity contribution in [2.75, 3.05) is 13.1 Å². The molecule has 1 saturated heterocycles. The van der Waals surface area contributed by atoms with Crippen LogP contribution in [0.2, 0.25) is 0 Å². The van der Waals surface area contributed by atoms with Crippen LogP contribution in [0.15, 0.2) is 11.4 Å². The van der Waals surface area contributed by atoms with Crippen LogP contribution < -0.4 is 5.32 Å². The molecule has 3 rings (SSSR count). The Morgan fingerprint density at radius 3 is 2.81 bits per heavy atom. The van der Waals surface area contributed by atoms with Crippen LogP contribution in [0.25, 0.3) is 0 Å². The molecule has 0 aromatic carbocycles. The Kier molecular flexibility index (Phi) is 4.72. The lowest BCUT2D eigenvalue weighted by Gasteiger charge is -2.48. The quantitative estimate of drug-likeness (QED) is 0.902. The molecule has 2 heterocycles. The van der Waals surface area contributed by atoms with Gasteiger partial charge in [-0.05, 0) is 42.2 Å². The van der Waals surface area contributed by atoms with Crippen molar-refractivity contribution in [3.8, 4) is 0 Å². The zero-order valence-corrected chi connectivity index (χ0v) is 14.6. The highest BCUT2D eigenvalue weighted by atomic mass is 32.1. The molecule has 1 atom stereocenters. The Bertz CT molecular complexity index is 460. The molecule has 2 nitrogen and oxygen atoms in total. The second kappa shape index (κ2) is 6.39. The van der Waals surface area contributed by atoms with E-state index in [1.54, 1.807) is 10.4 Å². The molecule has 3 heteroatoms. The fourth-order valence-electron chi connectivity index (χ4n) is 4.23. The van der Waals surface area contributed by atoms with E-state index in [1.165, 1.54) is 45.2 Å². The fourth-order valence-corrected chi connectivity index (χ4v) is 5.24. The summed E-state index contributed by atoms with van der Waals surface area (Å²) in [7, 11) is 0. The molecule has 1 aromatic rings. The number of thiophene rings is 1. The summed E-state index contributed by atoms with van der Waals surface area (Å²) < 4.78 is 0. The van der Waals surface area contributed by atoms with Crippen LogP contribution in [0, 0.1) is 5.92 Å². The summed E-state index contributed by atoms with van der Waals surface area (Å²) in [6.45, 7) is 10.6. The number of piperazine rings is 1. The normalized spacial score (nSPS) is 26.0. The first-order valence-corrected chi connectivity index (χ1v) is 9.56. The van der Waals surface area contributed by atoms with Crippen LogP contribution in [0.5, 0.6) is 0 Å². The zero-order valence-electron chi connectivity index (χ0n) is 13.8. The van der Waals surface area contributed by atoms with Crippen molar-refractivity contribution >= 4 is 11.3 Å². The Balaban J connectivity index is 1.77. The van der Waals surface area contributed by atoms with Crippen LogP contribution in [0.3, 0.4) is 0 Å². The van der Waals surface area contributed by atoms with Crippen molar-refractivity contribution in [3.05, 3.63) is 21.9 Å². The highest BCUT2D eigenvalue weighted by Gasteiger charge is 2.41. The van der Waals surface area contributed by atoms with E-state index in [0.29, 0.717) is 11.6 Å². The topological polar surface area (TPSA) is 15.3 Å². The second-order valence-corrected chi connectivity index (χ2v) is 8.31. The molecule has 1 saturated carbocycles. The van der Waals surface area contributed by atoms with E-state index >= 15 is 0 Å². The standard InChI is InChI=1S/C18H30N2S/c1-4-15-7-10-21-17(15)12-20-13-18(8-5-6-9-18)19-11-16(20)14(2)3/h7,10,14,16,19H,4-6,8-9,11-13H2,1-3H3. The number of aryl methyl sites for hydroxylation is 1. The van der Waals surface area contributed by atoms with Gasteiger partial charge in [0.2, 0.25) is 0 Å². The van der Waals surface area contributed by atoms with Gasteiger partial charge in [0.25, 0.3) is 0 Å². The average molecular weight is 307 g/mol. The summed E-state index contributed by atoms with van der Waals surface area (Å²) in [5.74, 6) is 0.723.